The van der Waals surface area contributed by atoms with Gasteiger partial charge in [0.2, 0.25) is 0 Å². The molecule has 0 bridgehead atoms. The standard InChI is InChI=1S/C18H34N2/c1-9-10-17(13(2)3)18(16-11-12-16)20(8)15(6)19(7)14(4)5/h14,16,18H,6,9-12H2,1-5,7-8H3. The summed E-state index contributed by atoms with van der Waals surface area (Å²) in [4.78, 5) is 4.71. The Morgan fingerprint density at radius 1 is 1.15 bits per heavy atom. The van der Waals surface area contributed by atoms with E-state index in [1.165, 1.54) is 31.3 Å². The van der Waals surface area contributed by atoms with E-state index in [1.807, 2.05) is 0 Å². The van der Waals surface area contributed by atoms with E-state index in [0.717, 1.165) is 11.7 Å². The molecule has 2 nitrogen and oxygen atoms in total. The van der Waals surface area contributed by atoms with Gasteiger partial charge in [-0.05, 0) is 58.4 Å². The van der Waals surface area contributed by atoms with Crippen LogP contribution in [0.3, 0.4) is 0 Å². The summed E-state index contributed by atoms with van der Waals surface area (Å²) in [5.74, 6) is 1.97. The minimum absolute atomic E-state index is 0.492. The van der Waals surface area contributed by atoms with Crippen LogP contribution >= 0.6 is 0 Å². The predicted molar refractivity (Wildman–Crippen MR) is 89.6 cm³/mol. The van der Waals surface area contributed by atoms with Crippen molar-refractivity contribution < 1.29 is 0 Å². The largest absolute Gasteiger partial charge is 0.359 e. The summed E-state index contributed by atoms with van der Waals surface area (Å²) < 4.78 is 0. The molecule has 0 aliphatic heterocycles. The van der Waals surface area contributed by atoms with Crippen LogP contribution in [0, 0.1) is 5.92 Å². The van der Waals surface area contributed by atoms with E-state index >= 15 is 0 Å². The van der Waals surface area contributed by atoms with Gasteiger partial charge in [0.1, 0.15) is 0 Å². The van der Waals surface area contributed by atoms with Gasteiger partial charge in [-0.25, -0.2) is 0 Å². The number of rotatable bonds is 8. The molecule has 0 aromatic rings. The van der Waals surface area contributed by atoms with Crippen molar-refractivity contribution in [3.8, 4) is 0 Å². The van der Waals surface area contributed by atoms with Crippen molar-refractivity contribution in [1.82, 2.24) is 9.80 Å². The maximum absolute atomic E-state index is 4.34. The molecule has 0 aromatic heterocycles. The predicted octanol–water partition coefficient (Wildman–Crippen LogP) is 4.64. The smallest absolute Gasteiger partial charge is 0.0967 e. The first-order valence-corrected chi connectivity index (χ1v) is 8.12. The molecule has 0 N–H and O–H groups in total. The third-order valence-corrected chi connectivity index (χ3v) is 4.59. The van der Waals surface area contributed by atoms with E-state index in [0.29, 0.717) is 12.1 Å². The molecular weight excluding hydrogens is 244 g/mol. The number of hydrogen-bond acceptors (Lipinski definition) is 2. The summed E-state index contributed by atoms with van der Waals surface area (Å²) in [6.45, 7) is 15.6. The molecule has 0 aromatic carbocycles. The Bertz CT molecular complexity index is 360. The normalized spacial score (nSPS) is 16.0. The van der Waals surface area contributed by atoms with Gasteiger partial charge in [-0.15, -0.1) is 0 Å². The maximum atomic E-state index is 4.34. The molecule has 20 heavy (non-hydrogen) atoms. The van der Waals surface area contributed by atoms with Gasteiger partial charge in [-0.1, -0.05) is 25.5 Å². The Labute approximate surface area is 126 Å². The molecule has 116 valence electrons. The fourth-order valence-corrected chi connectivity index (χ4v) is 2.92. The van der Waals surface area contributed by atoms with Crippen LogP contribution in [0.5, 0.6) is 0 Å². The summed E-state index contributed by atoms with van der Waals surface area (Å²) in [5, 5.41) is 0. The summed E-state index contributed by atoms with van der Waals surface area (Å²) in [7, 11) is 4.37. The fraction of sp³-hybridized carbons (Fsp3) is 0.778. The van der Waals surface area contributed by atoms with E-state index < -0.39 is 0 Å². The summed E-state index contributed by atoms with van der Waals surface area (Å²) >= 11 is 0. The molecule has 2 heteroatoms. The number of hydrogen-bond donors (Lipinski definition) is 0. The quantitative estimate of drug-likeness (QED) is 0.597. The molecule has 1 saturated carbocycles. The SMILES string of the molecule is C=C(N(C)C(C)C)N(C)C(C(CCC)=C(C)C)C1CC1. The van der Waals surface area contributed by atoms with Crippen LogP contribution in [-0.4, -0.2) is 36.0 Å². The first-order valence-electron chi connectivity index (χ1n) is 8.12. The van der Waals surface area contributed by atoms with Crippen LogP contribution in [-0.2, 0) is 0 Å². The first kappa shape index (κ1) is 17.1. The van der Waals surface area contributed by atoms with Crippen molar-refractivity contribution in [2.75, 3.05) is 14.1 Å². The van der Waals surface area contributed by atoms with Crippen molar-refractivity contribution in [2.24, 2.45) is 5.92 Å². The second-order valence-electron chi connectivity index (χ2n) is 6.79. The Morgan fingerprint density at radius 2 is 1.70 bits per heavy atom. The average Bonchev–Trinajstić information content (AvgIpc) is 3.20. The highest BCUT2D eigenvalue weighted by atomic mass is 15.3. The molecule has 1 unspecified atom stereocenters. The van der Waals surface area contributed by atoms with E-state index in [4.69, 9.17) is 0 Å². The molecule has 1 fully saturated rings. The molecule has 0 heterocycles. The number of allylic oxidation sites excluding steroid dienone is 1. The zero-order valence-corrected chi connectivity index (χ0v) is 14.7. The van der Waals surface area contributed by atoms with E-state index in [9.17, 15) is 0 Å². The lowest BCUT2D eigenvalue weighted by Crippen LogP contribution is -2.42. The third-order valence-electron chi connectivity index (χ3n) is 4.59. The van der Waals surface area contributed by atoms with E-state index in [-0.39, 0.29) is 0 Å². The lowest BCUT2D eigenvalue weighted by atomic mass is 9.93. The highest BCUT2D eigenvalue weighted by Gasteiger charge is 2.37. The molecule has 0 radical (unpaired) electrons. The van der Waals surface area contributed by atoms with Gasteiger partial charge in [0.25, 0.3) is 0 Å². The summed E-state index contributed by atoms with van der Waals surface area (Å²) in [6, 6.07) is 1.04. The molecular formula is C18H34N2. The highest BCUT2D eigenvalue weighted by Crippen LogP contribution is 2.41. The zero-order valence-electron chi connectivity index (χ0n) is 14.7. The average molecular weight is 278 g/mol. The van der Waals surface area contributed by atoms with E-state index in [1.54, 1.807) is 5.57 Å². The van der Waals surface area contributed by atoms with Gasteiger partial charge in [0.05, 0.1) is 11.9 Å². The lowest BCUT2D eigenvalue weighted by Gasteiger charge is -2.39. The molecule has 1 atom stereocenters. The molecule has 1 rings (SSSR count). The van der Waals surface area contributed by atoms with Crippen LogP contribution in [0.15, 0.2) is 23.5 Å². The van der Waals surface area contributed by atoms with Gasteiger partial charge in [0, 0.05) is 20.1 Å². The van der Waals surface area contributed by atoms with Gasteiger partial charge < -0.3 is 9.80 Å². The topological polar surface area (TPSA) is 6.48 Å². The third kappa shape index (κ3) is 4.04. The van der Waals surface area contributed by atoms with Crippen LogP contribution in [0.4, 0.5) is 0 Å². The van der Waals surface area contributed by atoms with Gasteiger partial charge in [0.15, 0.2) is 0 Å². The Balaban J connectivity index is 2.96. The van der Waals surface area contributed by atoms with Crippen LogP contribution in [0.1, 0.15) is 60.3 Å². The van der Waals surface area contributed by atoms with Gasteiger partial charge >= 0.3 is 0 Å². The summed E-state index contributed by atoms with van der Waals surface area (Å²) in [6.07, 6.45) is 5.18. The van der Waals surface area contributed by atoms with Crippen molar-refractivity contribution >= 4 is 0 Å². The zero-order chi connectivity index (χ0) is 15.4. The van der Waals surface area contributed by atoms with Crippen LogP contribution in [0.2, 0.25) is 0 Å². The Kier molecular flexibility index (Phi) is 6.16. The molecule has 0 saturated heterocycles. The highest BCUT2D eigenvalue weighted by molar-refractivity contribution is 5.22. The van der Waals surface area contributed by atoms with Gasteiger partial charge in [-0.3, -0.25) is 0 Å². The summed E-state index contributed by atoms with van der Waals surface area (Å²) in [5.41, 5.74) is 3.13. The lowest BCUT2D eigenvalue weighted by molar-refractivity contribution is 0.193. The minimum atomic E-state index is 0.492. The van der Waals surface area contributed by atoms with Crippen molar-refractivity contribution in [1.29, 1.82) is 0 Å². The second-order valence-corrected chi connectivity index (χ2v) is 6.79. The fourth-order valence-electron chi connectivity index (χ4n) is 2.92. The second kappa shape index (κ2) is 7.19. The van der Waals surface area contributed by atoms with Crippen LogP contribution in [0.25, 0.3) is 0 Å². The first-order chi connectivity index (χ1) is 9.31. The number of nitrogens with zero attached hydrogens (tertiary/aromatic N) is 2. The van der Waals surface area contributed by atoms with E-state index in [2.05, 4.69) is 65.1 Å². The maximum Gasteiger partial charge on any atom is 0.0967 e. The minimum Gasteiger partial charge on any atom is -0.359 e. The van der Waals surface area contributed by atoms with Crippen molar-refractivity contribution in [2.45, 2.75) is 72.4 Å². The van der Waals surface area contributed by atoms with Crippen molar-refractivity contribution in [3.63, 3.8) is 0 Å². The molecule has 1 aliphatic rings. The molecule has 0 spiro atoms. The monoisotopic (exact) mass is 278 g/mol. The number of likely N-dealkylation sites (N-methyl/N-ethyl adjacent to an activating group) is 1. The van der Waals surface area contributed by atoms with Gasteiger partial charge in [-0.2, -0.15) is 0 Å². The Hall–Kier alpha value is -0.920. The van der Waals surface area contributed by atoms with Crippen molar-refractivity contribution in [3.05, 3.63) is 23.5 Å². The molecule has 0 amide bonds. The Morgan fingerprint density at radius 3 is 2.05 bits per heavy atom. The molecule has 1 aliphatic carbocycles. The van der Waals surface area contributed by atoms with Crippen LogP contribution < -0.4 is 0 Å².